The zero-order chi connectivity index (χ0) is 27.9. The number of hydrogen-bond donors (Lipinski definition) is 1. The lowest BCUT2D eigenvalue weighted by Crippen LogP contribution is -2.36. The van der Waals surface area contributed by atoms with Crippen LogP contribution in [0.3, 0.4) is 0 Å². The summed E-state index contributed by atoms with van der Waals surface area (Å²) >= 11 is 10.7. The number of ether oxygens (including phenoxy) is 2. The molecule has 1 aliphatic heterocycles. The van der Waals surface area contributed by atoms with Crippen molar-refractivity contribution in [2.24, 2.45) is 0 Å². The number of hydrogen-bond acceptors (Lipinski definition) is 7. The number of carbonyl (C=O) groups excluding carboxylic acids is 3. The Kier molecular flexibility index (Phi) is 10.2. The number of benzene rings is 3. The molecule has 3 aromatic carbocycles. The number of anilines is 1. The van der Waals surface area contributed by atoms with E-state index in [1.165, 1.54) is 0 Å². The molecule has 0 spiro atoms. The average Bonchev–Trinajstić information content (AvgIpc) is 3.16. The van der Waals surface area contributed by atoms with E-state index in [4.69, 9.17) is 21.1 Å². The molecule has 3 aromatic rings. The Morgan fingerprint density at radius 1 is 1.13 bits per heavy atom. The van der Waals surface area contributed by atoms with Gasteiger partial charge in [0.1, 0.15) is 13.2 Å². The Morgan fingerprint density at radius 2 is 1.92 bits per heavy atom. The van der Waals surface area contributed by atoms with Crippen LogP contribution >= 0.6 is 57.7 Å². The van der Waals surface area contributed by atoms with E-state index in [0.29, 0.717) is 34.4 Å². The minimum Gasteiger partial charge on any atom is -0.490 e. The fraction of sp³-hybridized carbons (Fsp3) is 0.179. The second-order valence-electron chi connectivity index (χ2n) is 8.19. The molecule has 1 saturated heterocycles. The van der Waals surface area contributed by atoms with Gasteiger partial charge in [0, 0.05) is 21.2 Å². The van der Waals surface area contributed by atoms with Crippen molar-refractivity contribution in [3.63, 3.8) is 0 Å². The summed E-state index contributed by atoms with van der Waals surface area (Å²) in [5, 5.41) is 2.85. The summed E-state index contributed by atoms with van der Waals surface area (Å²) in [4.78, 5) is 40.4. The quantitative estimate of drug-likeness (QED) is 0.135. The van der Waals surface area contributed by atoms with Gasteiger partial charge in [0.25, 0.3) is 11.1 Å². The molecule has 0 unspecified atom stereocenters. The summed E-state index contributed by atoms with van der Waals surface area (Å²) in [7, 11) is 0. The normalized spacial score (nSPS) is 14.2. The third kappa shape index (κ3) is 7.50. The van der Waals surface area contributed by atoms with Gasteiger partial charge in [-0.2, -0.15) is 0 Å². The van der Waals surface area contributed by atoms with Gasteiger partial charge < -0.3 is 14.8 Å². The molecule has 1 aliphatic rings. The number of carbonyl (C=O) groups is 3. The summed E-state index contributed by atoms with van der Waals surface area (Å²) in [6.45, 7) is 2.16. The van der Waals surface area contributed by atoms with Gasteiger partial charge in [-0.15, -0.1) is 11.8 Å². The average molecular weight is 695 g/mol. The van der Waals surface area contributed by atoms with Crippen molar-refractivity contribution in [2.75, 3.05) is 24.7 Å². The number of nitrogens with zero attached hydrogens (tertiary/aromatic N) is 1. The topological polar surface area (TPSA) is 84.9 Å². The van der Waals surface area contributed by atoms with E-state index < -0.39 is 17.1 Å². The zero-order valence-corrected chi connectivity index (χ0v) is 25.6. The highest BCUT2D eigenvalue weighted by Gasteiger charge is 2.36. The molecule has 202 valence electrons. The Morgan fingerprint density at radius 3 is 2.67 bits per heavy atom. The van der Waals surface area contributed by atoms with Gasteiger partial charge in [0.2, 0.25) is 5.91 Å². The van der Waals surface area contributed by atoms with Gasteiger partial charge in [-0.05, 0) is 95.6 Å². The standard InChI is InChI=1S/C28H24ClIN2O5S2/c1-3-36-23-12-17(11-22(30)26(23)37-16-18-7-4-5-10-21(18)29)13-24-27(34)32(28(35)39-24)15-25(33)31-19-8-6-9-20(14-19)38-2/h4-14H,3,15-16H2,1-2H3,(H,31,33)/b24-13+. The predicted octanol–water partition coefficient (Wildman–Crippen LogP) is 7.32. The lowest BCUT2D eigenvalue weighted by molar-refractivity contribution is -0.127. The molecule has 3 amide bonds. The molecule has 1 N–H and O–H groups in total. The van der Waals surface area contributed by atoms with Crippen LogP contribution in [-0.2, 0) is 16.2 Å². The number of halogens is 2. The SMILES string of the molecule is CCOc1cc(/C=C2/SC(=O)N(CC(=O)Nc3cccc(SC)c3)C2=O)cc(I)c1OCc1ccccc1Cl. The van der Waals surface area contributed by atoms with Crippen molar-refractivity contribution in [1.29, 1.82) is 0 Å². The van der Waals surface area contributed by atoms with Crippen molar-refractivity contribution in [3.05, 3.63) is 85.3 Å². The van der Waals surface area contributed by atoms with E-state index in [1.807, 2.05) is 55.6 Å². The fourth-order valence-corrected chi connectivity index (χ4v) is 5.94. The van der Waals surface area contributed by atoms with Crippen molar-refractivity contribution in [2.45, 2.75) is 18.4 Å². The van der Waals surface area contributed by atoms with Crippen LogP contribution in [0.1, 0.15) is 18.1 Å². The molecule has 1 fully saturated rings. The van der Waals surface area contributed by atoms with Crippen molar-refractivity contribution in [1.82, 2.24) is 4.90 Å². The predicted molar refractivity (Wildman–Crippen MR) is 166 cm³/mol. The summed E-state index contributed by atoms with van der Waals surface area (Å²) < 4.78 is 12.6. The lowest BCUT2D eigenvalue weighted by atomic mass is 10.1. The highest BCUT2D eigenvalue weighted by atomic mass is 127. The van der Waals surface area contributed by atoms with Crippen LogP contribution in [0.2, 0.25) is 5.02 Å². The molecule has 39 heavy (non-hydrogen) atoms. The number of thioether (sulfide) groups is 2. The van der Waals surface area contributed by atoms with Crippen LogP contribution in [-0.4, -0.2) is 41.4 Å². The summed E-state index contributed by atoms with van der Waals surface area (Å²) in [5.74, 6) is 0.0913. The highest BCUT2D eigenvalue weighted by Crippen LogP contribution is 2.38. The molecule has 7 nitrogen and oxygen atoms in total. The van der Waals surface area contributed by atoms with Crippen LogP contribution in [0.25, 0.3) is 6.08 Å². The molecule has 0 atom stereocenters. The van der Waals surface area contributed by atoms with Gasteiger partial charge in [-0.1, -0.05) is 35.9 Å². The van der Waals surface area contributed by atoms with E-state index in [-0.39, 0.29) is 18.1 Å². The van der Waals surface area contributed by atoms with Gasteiger partial charge >= 0.3 is 0 Å². The fourth-order valence-electron chi connectivity index (χ4n) is 3.67. The van der Waals surface area contributed by atoms with Crippen LogP contribution in [0.5, 0.6) is 11.5 Å². The largest absolute Gasteiger partial charge is 0.490 e. The van der Waals surface area contributed by atoms with Gasteiger partial charge in [0.05, 0.1) is 15.1 Å². The maximum atomic E-state index is 13.0. The number of rotatable bonds is 10. The zero-order valence-electron chi connectivity index (χ0n) is 21.0. The molecule has 0 aliphatic carbocycles. The van der Waals surface area contributed by atoms with E-state index in [0.717, 1.165) is 30.7 Å². The Balaban J connectivity index is 1.49. The first-order valence-corrected chi connectivity index (χ1v) is 15.3. The second kappa shape index (κ2) is 13.6. The minimum absolute atomic E-state index is 0.222. The third-order valence-electron chi connectivity index (χ3n) is 5.49. The lowest BCUT2D eigenvalue weighted by Gasteiger charge is -2.15. The van der Waals surface area contributed by atoms with Crippen LogP contribution in [0.4, 0.5) is 10.5 Å². The summed E-state index contributed by atoms with van der Waals surface area (Å²) in [6, 6.07) is 18.4. The van der Waals surface area contributed by atoms with Gasteiger partial charge in [-0.25, -0.2) is 0 Å². The number of nitrogens with one attached hydrogen (secondary N) is 1. The van der Waals surface area contributed by atoms with Crippen molar-refractivity contribution < 1.29 is 23.9 Å². The Hall–Kier alpha value is -2.67. The first kappa shape index (κ1) is 29.3. The molecule has 4 rings (SSSR count). The first-order valence-electron chi connectivity index (χ1n) is 11.8. The van der Waals surface area contributed by atoms with Crippen LogP contribution in [0.15, 0.2) is 70.5 Å². The number of amides is 3. The molecule has 11 heteroatoms. The molecule has 0 radical (unpaired) electrons. The smallest absolute Gasteiger partial charge is 0.294 e. The first-order chi connectivity index (χ1) is 18.8. The third-order valence-corrected chi connectivity index (χ3v) is 8.29. The van der Waals surface area contributed by atoms with Crippen LogP contribution in [0, 0.1) is 3.57 Å². The van der Waals surface area contributed by atoms with Gasteiger partial charge in [-0.3, -0.25) is 19.3 Å². The monoisotopic (exact) mass is 694 g/mol. The second-order valence-corrected chi connectivity index (χ2v) is 11.6. The van der Waals surface area contributed by atoms with E-state index in [2.05, 4.69) is 27.9 Å². The minimum atomic E-state index is -0.523. The van der Waals surface area contributed by atoms with Gasteiger partial charge in [0.15, 0.2) is 11.5 Å². The highest BCUT2D eigenvalue weighted by molar-refractivity contribution is 14.1. The molecular weight excluding hydrogens is 671 g/mol. The molecule has 1 heterocycles. The summed E-state index contributed by atoms with van der Waals surface area (Å²) in [6.07, 6.45) is 3.56. The maximum absolute atomic E-state index is 13.0. The van der Waals surface area contributed by atoms with Crippen molar-refractivity contribution >= 4 is 86.5 Å². The Bertz CT molecular complexity index is 1450. The summed E-state index contributed by atoms with van der Waals surface area (Å²) in [5.41, 5.74) is 2.11. The van der Waals surface area contributed by atoms with Crippen LogP contribution < -0.4 is 14.8 Å². The molecule has 0 bridgehead atoms. The molecule has 0 aromatic heterocycles. The van der Waals surface area contributed by atoms with E-state index >= 15 is 0 Å². The van der Waals surface area contributed by atoms with E-state index in [1.54, 1.807) is 36.0 Å². The molecule has 0 saturated carbocycles. The van der Waals surface area contributed by atoms with Crippen molar-refractivity contribution in [3.8, 4) is 11.5 Å². The molecular formula is C28H24ClIN2O5S2. The number of imide groups is 1. The van der Waals surface area contributed by atoms with E-state index in [9.17, 15) is 14.4 Å². The maximum Gasteiger partial charge on any atom is 0.294 e. The Labute approximate surface area is 253 Å².